The van der Waals surface area contributed by atoms with Crippen molar-refractivity contribution in [2.45, 2.75) is 54.9 Å². The fourth-order valence-corrected chi connectivity index (χ4v) is 4.46. The predicted octanol–water partition coefficient (Wildman–Crippen LogP) is 5.30. The zero-order valence-corrected chi connectivity index (χ0v) is 19.5. The van der Waals surface area contributed by atoms with E-state index in [-0.39, 0.29) is 13.4 Å². The van der Waals surface area contributed by atoms with Crippen LogP contribution in [-0.4, -0.2) is 37.8 Å². The smallest absolute Gasteiger partial charge is 0.188 e. The highest BCUT2D eigenvalue weighted by Crippen LogP contribution is 2.39. The SMILES string of the molecule is CCC[C@@](N)(CO)CCc1ccc(Sc2cc(OCC)ccc2OCOC)cc1Cl. The van der Waals surface area contributed by atoms with Crippen LogP contribution in [0.3, 0.4) is 0 Å². The molecule has 0 radical (unpaired) electrons. The second kappa shape index (κ2) is 12.4. The summed E-state index contributed by atoms with van der Waals surface area (Å²) in [5.74, 6) is 1.51. The first kappa shape index (κ1) is 24.8. The van der Waals surface area contributed by atoms with Crippen LogP contribution < -0.4 is 15.2 Å². The van der Waals surface area contributed by atoms with E-state index in [1.165, 1.54) is 0 Å². The zero-order chi connectivity index (χ0) is 22.0. The standard InChI is InChI=1S/C23H32ClNO4S/c1-4-11-23(25,15-26)12-10-17-6-8-19(14-20(17)24)30-22-13-18(28-5-2)7-9-21(22)29-16-27-3/h6-9,13-14,26H,4-5,10-12,15-16,25H2,1-3H3/t23-/m0/s1. The molecule has 1 atom stereocenters. The number of hydrogen-bond acceptors (Lipinski definition) is 6. The largest absolute Gasteiger partial charge is 0.494 e. The van der Waals surface area contributed by atoms with Gasteiger partial charge in [0, 0.05) is 22.6 Å². The number of aryl methyl sites for hydroxylation is 1. The van der Waals surface area contributed by atoms with Gasteiger partial charge in [-0.1, -0.05) is 42.8 Å². The monoisotopic (exact) mass is 453 g/mol. The van der Waals surface area contributed by atoms with Crippen molar-refractivity contribution in [1.29, 1.82) is 0 Å². The Labute approximate surface area is 188 Å². The van der Waals surface area contributed by atoms with Crippen molar-refractivity contribution in [1.82, 2.24) is 0 Å². The van der Waals surface area contributed by atoms with Gasteiger partial charge in [0.1, 0.15) is 11.5 Å². The van der Waals surface area contributed by atoms with E-state index < -0.39 is 5.54 Å². The molecule has 0 aliphatic carbocycles. The van der Waals surface area contributed by atoms with Crippen LogP contribution in [0.1, 0.15) is 38.7 Å². The van der Waals surface area contributed by atoms with Crippen molar-refractivity contribution >= 4 is 23.4 Å². The molecule has 2 rings (SSSR count). The number of aliphatic hydroxyl groups is 1. The topological polar surface area (TPSA) is 73.9 Å². The van der Waals surface area contributed by atoms with Crippen LogP contribution >= 0.6 is 23.4 Å². The molecular formula is C23H32ClNO4S. The molecule has 5 nitrogen and oxygen atoms in total. The van der Waals surface area contributed by atoms with Crippen LogP contribution in [0.5, 0.6) is 11.5 Å². The van der Waals surface area contributed by atoms with Gasteiger partial charge in [-0.05, 0) is 62.1 Å². The molecule has 0 aliphatic heterocycles. The Bertz CT molecular complexity index is 805. The van der Waals surface area contributed by atoms with Gasteiger partial charge in [0.05, 0.1) is 18.1 Å². The van der Waals surface area contributed by atoms with Gasteiger partial charge in [0.15, 0.2) is 6.79 Å². The van der Waals surface area contributed by atoms with Crippen molar-refractivity contribution in [3.8, 4) is 11.5 Å². The summed E-state index contributed by atoms with van der Waals surface area (Å²) in [6.45, 7) is 4.77. The lowest BCUT2D eigenvalue weighted by Gasteiger charge is -2.27. The first-order chi connectivity index (χ1) is 14.4. The van der Waals surface area contributed by atoms with E-state index in [9.17, 15) is 5.11 Å². The van der Waals surface area contributed by atoms with E-state index in [1.54, 1.807) is 18.9 Å². The number of hydrogen-bond donors (Lipinski definition) is 2. The number of methoxy groups -OCH3 is 1. The highest BCUT2D eigenvalue weighted by Gasteiger charge is 2.23. The molecule has 0 saturated heterocycles. The summed E-state index contributed by atoms with van der Waals surface area (Å²) >= 11 is 8.11. The second-order valence-electron chi connectivity index (χ2n) is 7.22. The third-order valence-corrected chi connectivity index (χ3v) is 6.15. The highest BCUT2D eigenvalue weighted by atomic mass is 35.5. The molecule has 0 spiro atoms. The third-order valence-electron chi connectivity index (χ3n) is 4.77. The Hall–Kier alpha value is -1.44. The van der Waals surface area contributed by atoms with Crippen LogP contribution in [-0.2, 0) is 11.2 Å². The molecule has 0 unspecified atom stereocenters. The van der Waals surface area contributed by atoms with Crippen LogP contribution in [0, 0.1) is 0 Å². The lowest BCUT2D eigenvalue weighted by atomic mass is 9.89. The summed E-state index contributed by atoms with van der Waals surface area (Å²) in [5.41, 5.74) is 6.77. The average Bonchev–Trinajstić information content (AvgIpc) is 2.73. The number of halogens is 1. The van der Waals surface area contributed by atoms with Crippen LogP contribution in [0.15, 0.2) is 46.2 Å². The number of rotatable bonds is 13. The number of benzene rings is 2. The second-order valence-corrected chi connectivity index (χ2v) is 8.74. The maximum atomic E-state index is 9.63. The minimum Gasteiger partial charge on any atom is -0.494 e. The Morgan fingerprint density at radius 1 is 1.10 bits per heavy atom. The van der Waals surface area contributed by atoms with Gasteiger partial charge in [0.25, 0.3) is 0 Å². The minimum absolute atomic E-state index is 0.0210. The molecule has 7 heteroatoms. The third kappa shape index (κ3) is 7.36. The molecule has 166 valence electrons. The van der Waals surface area contributed by atoms with E-state index in [4.69, 9.17) is 31.5 Å². The Morgan fingerprint density at radius 3 is 2.53 bits per heavy atom. The lowest BCUT2D eigenvalue weighted by Crippen LogP contribution is -2.43. The number of nitrogens with two attached hydrogens (primary N) is 1. The van der Waals surface area contributed by atoms with E-state index in [2.05, 4.69) is 6.92 Å². The molecule has 0 saturated carbocycles. The van der Waals surface area contributed by atoms with Crippen LogP contribution in [0.25, 0.3) is 0 Å². The molecule has 0 amide bonds. The van der Waals surface area contributed by atoms with Crippen molar-refractivity contribution in [2.75, 3.05) is 27.1 Å². The van der Waals surface area contributed by atoms with Gasteiger partial charge in [-0.25, -0.2) is 0 Å². The number of aliphatic hydroxyl groups excluding tert-OH is 1. The van der Waals surface area contributed by atoms with Gasteiger partial charge in [-0.15, -0.1) is 0 Å². The molecule has 3 N–H and O–H groups in total. The van der Waals surface area contributed by atoms with Crippen molar-refractivity contribution in [3.05, 3.63) is 47.0 Å². The van der Waals surface area contributed by atoms with Crippen LogP contribution in [0.2, 0.25) is 5.02 Å². The van der Waals surface area contributed by atoms with Gasteiger partial charge >= 0.3 is 0 Å². The van der Waals surface area contributed by atoms with Gasteiger partial charge in [0.2, 0.25) is 0 Å². The normalized spacial score (nSPS) is 13.1. The molecule has 30 heavy (non-hydrogen) atoms. The molecule has 0 aliphatic rings. The van der Waals surface area contributed by atoms with Crippen LogP contribution in [0.4, 0.5) is 0 Å². The number of ether oxygens (including phenoxy) is 3. The van der Waals surface area contributed by atoms with Gasteiger partial charge < -0.3 is 25.1 Å². The summed E-state index contributed by atoms with van der Waals surface area (Å²) in [6.07, 6.45) is 3.14. The minimum atomic E-state index is -0.557. The van der Waals surface area contributed by atoms with Crippen molar-refractivity contribution in [3.63, 3.8) is 0 Å². The van der Waals surface area contributed by atoms with E-state index in [1.807, 2.05) is 43.3 Å². The quantitative estimate of drug-likeness (QED) is 0.401. The van der Waals surface area contributed by atoms with E-state index >= 15 is 0 Å². The summed E-state index contributed by atoms with van der Waals surface area (Å²) in [4.78, 5) is 1.92. The van der Waals surface area contributed by atoms with E-state index in [0.717, 1.165) is 46.1 Å². The lowest BCUT2D eigenvalue weighted by molar-refractivity contribution is 0.0491. The molecule has 0 heterocycles. The first-order valence-corrected chi connectivity index (χ1v) is 11.4. The maximum absolute atomic E-state index is 9.63. The van der Waals surface area contributed by atoms with Crippen molar-refractivity contribution in [2.24, 2.45) is 5.73 Å². The first-order valence-electron chi connectivity index (χ1n) is 10.2. The molecule has 2 aromatic carbocycles. The predicted molar refractivity (Wildman–Crippen MR) is 123 cm³/mol. The average molecular weight is 454 g/mol. The maximum Gasteiger partial charge on any atom is 0.188 e. The summed E-state index contributed by atoms with van der Waals surface area (Å²) < 4.78 is 16.3. The molecule has 0 bridgehead atoms. The summed E-state index contributed by atoms with van der Waals surface area (Å²) in [7, 11) is 1.59. The molecule has 2 aromatic rings. The Morgan fingerprint density at radius 2 is 1.90 bits per heavy atom. The molecule has 0 aromatic heterocycles. The zero-order valence-electron chi connectivity index (χ0n) is 17.9. The fourth-order valence-electron chi connectivity index (χ4n) is 3.15. The summed E-state index contributed by atoms with van der Waals surface area (Å²) in [6, 6.07) is 11.7. The molecule has 0 fully saturated rings. The Kier molecular flexibility index (Phi) is 10.3. The summed E-state index contributed by atoms with van der Waals surface area (Å²) in [5, 5.41) is 10.3. The Balaban J connectivity index is 2.15. The van der Waals surface area contributed by atoms with Crippen molar-refractivity contribution < 1.29 is 19.3 Å². The van der Waals surface area contributed by atoms with Gasteiger partial charge in [-0.2, -0.15) is 0 Å². The fraction of sp³-hybridized carbons (Fsp3) is 0.478. The molecular weight excluding hydrogens is 422 g/mol. The van der Waals surface area contributed by atoms with E-state index in [0.29, 0.717) is 18.1 Å². The van der Waals surface area contributed by atoms with Gasteiger partial charge in [-0.3, -0.25) is 0 Å². The highest BCUT2D eigenvalue weighted by molar-refractivity contribution is 7.99.